The topological polar surface area (TPSA) is 46.1 Å². The molecule has 0 saturated carbocycles. The molecule has 0 unspecified atom stereocenters. The van der Waals surface area contributed by atoms with E-state index in [4.69, 9.17) is 0 Å². The third-order valence-electron chi connectivity index (χ3n) is 2.95. The zero-order valence-electron chi connectivity index (χ0n) is 12.8. The number of benzene rings is 1. The predicted octanol–water partition coefficient (Wildman–Crippen LogP) is 3.17. The summed E-state index contributed by atoms with van der Waals surface area (Å²) in [5, 5.41) is 0. The SMILES string of the molecule is CC(C)(C)CN(Cc1ccccc1)C(=O)c1cnccn1. The first-order chi connectivity index (χ1) is 9.96. The quantitative estimate of drug-likeness (QED) is 0.866. The van der Waals surface area contributed by atoms with Gasteiger partial charge in [-0.2, -0.15) is 0 Å². The van der Waals surface area contributed by atoms with Crippen LogP contribution in [0.5, 0.6) is 0 Å². The minimum Gasteiger partial charge on any atom is -0.332 e. The van der Waals surface area contributed by atoms with Gasteiger partial charge in [0.25, 0.3) is 5.91 Å². The van der Waals surface area contributed by atoms with Crippen LogP contribution in [0.15, 0.2) is 48.9 Å². The van der Waals surface area contributed by atoms with Gasteiger partial charge in [0.15, 0.2) is 0 Å². The van der Waals surface area contributed by atoms with Crippen molar-refractivity contribution in [2.24, 2.45) is 5.41 Å². The van der Waals surface area contributed by atoms with Crippen LogP contribution in [0, 0.1) is 5.41 Å². The first-order valence-corrected chi connectivity index (χ1v) is 7.05. The summed E-state index contributed by atoms with van der Waals surface area (Å²) in [5.74, 6) is -0.0816. The molecule has 1 aromatic heterocycles. The van der Waals surface area contributed by atoms with Gasteiger partial charge >= 0.3 is 0 Å². The van der Waals surface area contributed by atoms with E-state index in [1.807, 2.05) is 35.2 Å². The monoisotopic (exact) mass is 283 g/mol. The summed E-state index contributed by atoms with van der Waals surface area (Å²) in [4.78, 5) is 22.6. The van der Waals surface area contributed by atoms with Crippen molar-refractivity contribution in [3.05, 3.63) is 60.2 Å². The van der Waals surface area contributed by atoms with Gasteiger partial charge < -0.3 is 4.90 Å². The summed E-state index contributed by atoms with van der Waals surface area (Å²) in [7, 11) is 0. The Morgan fingerprint density at radius 3 is 2.43 bits per heavy atom. The summed E-state index contributed by atoms with van der Waals surface area (Å²) in [5.41, 5.74) is 1.52. The van der Waals surface area contributed by atoms with Crippen LogP contribution in [0.1, 0.15) is 36.8 Å². The van der Waals surface area contributed by atoms with Crippen molar-refractivity contribution in [2.75, 3.05) is 6.54 Å². The zero-order chi connectivity index (χ0) is 15.3. The van der Waals surface area contributed by atoms with Crippen LogP contribution in [0.25, 0.3) is 0 Å². The highest BCUT2D eigenvalue weighted by atomic mass is 16.2. The molecule has 0 aliphatic carbocycles. The number of amides is 1. The smallest absolute Gasteiger partial charge is 0.274 e. The van der Waals surface area contributed by atoms with Gasteiger partial charge in [-0.1, -0.05) is 51.1 Å². The fraction of sp³-hybridized carbons (Fsp3) is 0.353. The molecule has 0 bridgehead atoms. The number of nitrogens with zero attached hydrogens (tertiary/aromatic N) is 3. The van der Waals surface area contributed by atoms with Gasteiger partial charge in [-0.15, -0.1) is 0 Å². The molecule has 21 heavy (non-hydrogen) atoms. The number of hydrogen-bond acceptors (Lipinski definition) is 3. The average molecular weight is 283 g/mol. The molecule has 0 atom stereocenters. The Kier molecular flexibility index (Phi) is 4.68. The maximum absolute atomic E-state index is 12.7. The minimum absolute atomic E-state index is 0.0205. The van der Waals surface area contributed by atoms with Gasteiger partial charge in [-0.3, -0.25) is 9.78 Å². The predicted molar refractivity (Wildman–Crippen MR) is 82.7 cm³/mol. The second-order valence-electron chi connectivity index (χ2n) is 6.30. The normalized spacial score (nSPS) is 11.2. The summed E-state index contributed by atoms with van der Waals surface area (Å²) in [6.07, 6.45) is 4.63. The number of hydrogen-bond donors (Lipinski definition) is 0. The Balaban J connectivity index is 2.22. The van der Waals surface area contributed by atoms with Crippen LogP contribution in [0.2, 0.25) is 0 Å². The van der Waals surface area contributed by atoms with E-state index in [1.165, 1.54) is 6.20 Å². The van der Waals surface area contributed by atoms with Crippen molar-refractivity contribution >= 4 is 5.91 Å². The van der Waals surface area contributed by atoms with E-state index in [1.54, 1.807) is 12.4 Å². The Hall–Kier alpha value is -2.23. The Bertz CT molecular complexity index is 576. The van der Waals surface area contributed by atoms with Gasteiger partial charge in [0.2, 0.25) is 0 Å². The molecular weight excluding hydrogens is 262 g/mol. The van der Waals surface area contributed by atoms with E-state index in [0.29, 0.717) is 18.8 Å². The zero-order valence-corrected chi connectivity index (χ0v) is 12.8. The van der Waals surface area contributed by atoms with Crippen LogP contribution in [-0.2, 0) is 6.54 Å². The van der Waals surface area contributed by atoms with Crippen molar-refractivity contribution in [1.29, 1.82) is 0 Å². The maximum Gasteiger partial charge on any atom is 0.274 e. The summed E-state index contributed by atoms with van der Waals surface area (Å²) in [6.45, 7) is 7.60. The maximum atomic E-state index is 12.7. The largest absolute Gasteiger partial charge is 0.332 e. The van der Waals surface area contributed by atoms with Gasteiger partial charge in [-0.05, 0) is 11.0 Å². The third-order valence-corrected chi connectivity index (χ3v) is 2.95. The number of carbonyl (C=O) groups is 1. The van der Waals surface area contributed by atoms with Crippen molar-refractivity contribution in [3.63, 3.8) is 0 Å². The van der Waals surface area contributed by atoms with Crippen LogP contribution in [0.3, 0.4) is 0 Å². The lowest BCUT2D eigenvalue weighted by atomic mass is 9.95. The van der Waals surface area contributed by atoms with Crippen LogP contribution in [-0.4, -0.2) is 27.3 Å². The summed E-state index contributed by atoms with van der Waals surface area (Å²) < 4.78 is 0. The van der Waals surface area contributed by atoms with Gasteiger partial charge in [-0.25, -0.2) is 4.98 Å². The lowest BCUT2D eigenvalue weighted by molar-refractivity contribution is 0.0673. The van der Waals surface area contributed by atoms with E-state index in [0.717, 1.165) is 5.56 Å². The van der Waals surface area contributed by atoms with Crippen molar-refractivity contribution in [2.45, 2.75) is 27.3 Å². The second-order valence-corrected chi connectivity index (χ2v) is 6.30. The Morgan fingerprint density at radius 2 is 1.86 bits per heavy atom. The Morgan fingerprint density at radius 1 is 1.14 bits per heavy atom. The first kappa shape index (κ1) is 15.2. The van der Waals surface area contributed by atoms with E-state index in [2.05, 4.69) is 30.7 Å². The van der Waals surface area contributed by atoms with Crippen LogP contribution in [0.4, 0.5) is 0 Å². The fourth-order valence-electron chi connectivity index (χ4n) is 2.15. The van der Waals surface area contributed by atoms with Crippen molar-refractivity contribution in [1.82, 2.24) is 14.9 Å². The fourth-order valence-corrected chi connectivity index (χ4v) is 2.15. The molecule has 0 aliphatic heterocycles. The molecule has 0 fully saturated rings. The molecule has 0 radical (unpaired) electrons. The lowest BCUT2D eigenvalue weighted by Gasteiger charge is -2.30. The number of rotatable bonds is 4. The lowest BCUT2D eigenvalue weighted by Crippen LogP contribution is -2.37. The average Bonchev–Trinajstić information content (AvgIpc) is 2.46. The second kappa shape index (κ2) is 6.48. The molecule has 1 heterocycles. The van der Waals surface area contributed by atoms with Crippen molar-refractivity contribution in [3.8, 4) is 0 Å². The van der Waals surface area contributed by atoms with Crippen LogP contribution >= 0.6 is 0 Å². The first-order valence-electron chi connectivity index (χ1n) is 7.05. The Labute approximate surface area is 125 Å². The molecule has 4 nitrogen and oxygen atoms in total. The highest BCUT2D eigenvalue weighted by molar-refractivity contribution is 5.91. The summed E-state index contributed by atoms with van der Waals surface area (Å²) in [6, 6.07) is 10.00. The van der Waals surface area contributed by atoms with Gasteiger partial charge in [0.05, 0.1) is 6.20 Å². The molecule has 0 N–H and O–H groups in total. The van der Waals surface area contributed by atoms with Crippen molar-refractivity contribution < 1.29 is 4.79 Å². The molecule has 0 aliphatic rings. The minimum atomic E-state index is -0.0816. The van der Waals surface area contributed by atoms with E-state index in [9.17, 15) is 4.79 Å². The molecular formula is C17H21N3O. The molecule has 1 aromatic carbocycles. The van der Waals surface area contributed by atoms with E-state index >= 15 is 0 Å². The highest BCUT2D eigenvalue weighted by Crippen LogP contribution is 2.18. The van der Waals surface area contributed by atoms with E-state index < -0.39 is 0 Å². The van der Waals surface area contributed by atoms with Gasteiger partial charge in [0.1, 0.15) is 5.69 Å². The molecule has 0 spiro atoms. The molecule has 2 rings (SSSR count). The molecule has 0 saturated heterocycles. The molecule has 2 aromatic rings. The molecule has 4 heteroatoms. The van der Waals surface area contributed by atoms with E-state index in [-0.39, 0.29) is 11.3 Å². The van der Waals surface area contributed by atoms with Gasteiger partial charge in [0, 0.05) is 25.5 Å². The molecule has 110 valence electrons. The summed E-state index contributed by atoms with van der Waals surface area (Å²) >= 11 is 0. The third kappa shape index (κ3) is 4.67. The standard InChI is InChI=1S/C17H21N3O/c1-17(2,3)13-20(12-14-7-5-4-6-8-14)16(21)15-11-18-9-10-19-15/h4-11H,12-13H2,1-3H3. The number of carbonyl (C=O) groups excluding carboxylic acids is 1. The van der Waals surface area contributed by atoms with Crippen LogP contribution < -0.4 is 0 Å². The molecule has 1 amide bonds. The highest BCUT2D eigenvalue weighted by Gasteiger charge is 2.23. The number of aromatic nitrogens is 2.